The lowest BCUT2D eigenvalue weighted by Crippen LogP contribution is -1.82. The first-order chi connectivity index (χ1) is 12.9. The van der Waals surface area contributed by atoms with Crippen LogP contribution in [-0.4, -0.2) is 19.9 Å². The maximum absolute atomic E-state index is 3.67. The number of hydrogen-bond donors (Lipinski definition) is 2. The Balaban J connectivity index is 0.000000138. The van der Waals surface area contributed by atoms with Gasteiger partial charge in [0.2, 0.25) is 0 Å². The van der Waals surface area contributed by atoms with Crippen molar-refractivity contribution < 1.29 is 0 Å². The Hall–Kier alpha value is -3.66. The largest absolute Gasteiger partial charge is 0.351 e. The molecule has 0 fully saturated rings. The first-order valence-electron chi connectivity index (χ1n) is 8.41. The van der Waals surface area contributed by atoms with Gasteiger partial charge in [0.05, 0.1) is 12.7 Å². The van der Waals surface area contributed by atoms with Crippen LogP contribution in [0, 0.1) is 0 Å². The van der Waals surface area contributed by atoms with Gasteiger partial charge >= 0.3 is 0 Å². The van der Waals surface area contributed by atoms with Gasteiger partial charge in [0.25, 0.3) is 0 Å². The molecule has 6 rings (SSSR count). The lowest BCUT2D eigenvalue weighted by Gasteiger charge is -2.09. The summed E-state index contributed by atoms with van der Waals surface area (Å²) in [5.74, 6) is 0. The molecular formula is C22H18N4. The summed E-state index contributed by atoms with van der Waals surface area (Å²) >= 11 is 0. The molecule has 0 aliphatic rings. The Morgan fingerprint density at radius 1 is 0.500 bits per heavy atom. The van der Waals surface area contributed by atoms with E-state index in [9.17, 15) is 0 Å². The van der Waals surface area contributed by atoms with Crippen LogP contribution in [0.3, 0.4) is 0 Å². The van der Waals surface area contributed by atoms with E-state index >= 15 is 0 Å². The van der Waals surface area contributed by atoms with Crippen LogP contribution in [0.1, 0.15) is 0 Å². The van der Waals surface area contributed by atoms with Crippen molar-refractivity contribution in [3.05, 3.63) is 98.1 Å². The third kappa shape index (κ3) is 3.26. The highest BCUT2D eigenvalue weighted by Crippen LogP contribution is 2.33. The Bertz CT molecular complexity index is 985. The van der Waals surface area contributed by atoms with Crippen LogP contribution < -0.4 is 0 Å². The molecular weight excluding hydrogens is 320 g/mol. The van der Waals surface area contributed by atoms with Gasteiger partial charge in [-0.05, 0) is 32.3 Å². The zero-order valence-corrected chi connectivity index (χ0v) is 14.1. The smallest absolute Gasteiger partial charge is 0.0919 e. The Labute approximate surface area is 150 Å². The molecule has 0 amide bonds. The van der Waals surface area contributed by atoms with E-state index < -0.39 is 0 Å². The van der Waals surface area contributed by atoms with Gasteiger partial charge in [0.15, 0.2) is 0 Å². The second-order valence-electron chi connectivity index (χ2n) is 5.81. The van der Waals surface area contributed by atoms with Gasteiger partial charge in [-0.25, -0.2) is 9.97 Å². The normalized spacial score (nSPS) is 10.3. The number of imidazole rings is 2. The minimum atomic E-state index is 1.34. The molecule has 2 aromatic heterocycles. The van der Waals surface area contributed by atoms with Crippen molar-refractivity contribution >= 4 is 32.3 Å². The summed E-state index contributed by atoms with van der Waals surface area (Å²) in [6, 6.07) is 21.9. The lowest BCUT2D eigenvalue weighted by atomic mass is 9.95. The molecule has 4 heteroatoms. The fourth-order valence-corrected chi connectivity index (χ4v) is 3.10. The number of rotatable bonds is 0. The second kappa shape index (κ2) is 7.49. The van der Waals surface area contributed by atoms with Gasteiger partial charge < -0.3 is 9.97 Å². The van der Waals surface area contributed by atoms with E-state index in [1.165, 1.54) is 32.3 Å². The molecule has 6 aromatic rings. The number of aromatic nitrogens is 4. The lowest BCUT2D eigenvalue weighted by molar-refractivity contribution is 1.31. The van der Waals surface area contributed by atoms with Crippen LogP contribution in [-0.2, 0) is 0 Å². The molecule has 0 bridgehead atoms. The molecule has 4 aromatic carbocycles. The highest BCUT2D eigenvalue weighted by Gasteiger charge is 2.05. The molecule has 0 atom stereocenters. The number of benzene rings is 4. The molecule has 0 aliphatic heterocycles. The van der Waals surface area contributed by atoms with E-state index in [1.54, 1.807) is 37.4 Å². The Morgan fingerprint density at radius 3 is 1.12 bits per heavy atom. The van der Waals surface area contributed by atoms with Crippen LogP contribution in [0.15, 0.2) is 98.1 Å². The Morgan fingerprint density at radius 2 is 0.885 bits per heavy atom. The molecule has 0 saturated carbocycles. The van der Waals surface area contributed by atoms with Crippen molar-refractivity contribution in [1.29, 1.82) is 0 Å². The monoisotopic (exact) mass is 338 g/mol. The summed E-state index contributed by atoms with van der Waals surface area (Å²) in [5, 5.41) is 8.14. The third-order valence-electron chi connectivity index (χ3n) is 4.20. The van der Waals surface area contributed by atoms with E-state index in [4.69, 9.17) is 0 Å². The predicted molar refractivity (Wildman–Crippen MR) is 107 cm³/mol. The molecule has 0 spiro atoms. The van der Waals surface area contributed by atoms with Gasteiger partial charge in [-0.2, -0.15) is 0 Å². The standard InChI is InChI=1S/C16H10.2C3H4N2/c1-3-11-7-9-13-5-2-6-14-10-8-12(4-1)15(11)16(13)14;2*1-2-5-3-4-1/h1-10H;2*1-3H,(H,4,5). The molecule has 0 unspecified atom stereocenters. The highest BCUT2D eigenvalue weighted by atomic mass is 14.8. The van der Waals surface area contributed by atoms with E-state index in [-0.39, 0.29) is 0 Å². The topological polar surface area (TPSA) is 57.4 Å². The van der Waals surface area contributed by atoms with Crippen molar-refractivity contribution in [1.82, 2.24) is 19.9 Å². The van der Waals surface area contributed by atoms with Crippen LogP contribution >= 0.6 is 0 Å². The first-order valence-corrected chi connectivity index (χ1v) is 8.41. The average molecular weight is 338 g/mol. The molecule has 0 saturated heterocycles. The minimum Gasteiger partial charge on any atom is -0.351 e. The fourth-order valence-electron chi connectivity index (χ4n) is 3.10. The SMILES string of the molecule is c1c[nH]cn1.c1c[nH]cn1.c1cc2ccc3cccc4ccc(c1)c2c34. The number of nitrogens with one attached hydrogen (secondary N) is 2. The summed E-state index contributed by atoms with van der Waals surface area (Å²) in [6.07, 6.45) is 10.2. The third-order valence-corrected chi connectivity index (χ3v) is 4.20. The minimum absolute atomic E-state index is 1.34. The molecule has 26 heavy (non-hydrogen) atoms. The predicted octanol–water partition coefficient (Wildman–Crippen LogP) is 5.40. The molecule has 2 heterocycles. The molecule has 2 N–H and O–H groups in total. The highest BCUT2D eigenvalue weighted by molar-refractivity contribution is 6.22. The molecule has 0 aliphatic carbocycles. The number of H-pyrrole nitrogens is 2. The van der Waals surface area contributed by atoms with Gasteiger partial charge in [-0.15, -0.1) is 0 Å². The average Bonchev–Trinajstić information content (AvgIpc) is 3.45. The van der Waals surface area contributed by atoms with E-state index in [0.717, 1.165) is 0 Å². The summed E-state index contributed by atoms with van der Waals surface area (Å²) in [5.41, 5.74) is 0. The van der Waals surface area contributed by atoms with Crippen LogP contribution in [0.5, 0.6) is 0 Å². The van der Waals surface area contributed by atoms with Crippen molar-refractivity contribution in [3.63, 3.8) is 0 Å². The summed E-state index contributed by atoms with van der Waals surface area (Å²) in [6.45, 7) is 0. The van der Waals surface area contributed by atoms with Crippen molar-refractivity contribution in [2.75, 3.05) is 0 Å². The van der Waals surface area contributed by atoms with Gasteiger partial charge in [0.1, 0.15) is 0 Å². The zero-order chi connectivity index (χ0) is 17.6. The zero-order valence-electron chi connectivity index (χ0n) is 14.1. The fraction of sp³-hybridized carbons (Fsp3) is 0. The van der Waals surface area contributed by atoms with Crippen molar-refractivity contribution in [3.8, 4) is 0 Å². The van der Waals surface area contributed by atoms with E-state index in [0.29, 0.717) is 0 Å². The van der Waals surface area contributed by atoms with Crippen molar-refractivity contribution in [2.24, 2.45) is 0 Å². The van der Waals surface area contributed by atoms with Crippen molar-refractivity contribution in [2.45, 2.75) is 0 Å². The van der Waals surface area contributed by atoms with Gasteiger partial charge in [-0.1, -0.05) is 60.7 Å². The van der Waals surface area contributed by atoms with Gasteiger partial charge in [0, 0.05) is 24.8 Å². The van der Waals surface area contributed by atoms with E-state index in [1.807, 2.05) is 0 Å². The van der Waals surface area contributed by atoms with E-state index in [2.05, 4.69) is 80.6 Å². The number of nitrogens with zero attached hydrogens (tertiary/aromatic N) is 2. The summed E-state index contributed by atoms with van der Waals surface area (Å²) < 4.78 is 0. The van der Waals surface area contributed by atoms with Gasteiger partial charge in [-0.3, -0.25) is 0 Å². The molecule has 4 nitrogen and oxygen atoms in total. The first kappa shape index (κ1) is 15.8. The Kier molecular flexibility index (Phi) is 4.56. The quantitative estimate of drug-likeness (QED) is 0.364. The van der Waals surface area contributed by atoms with Crippen LogP contribution in [0.4, 0.5) is 0 Å². The second-order valence-corrected chi connectivity index (χ2v) is 5.81. The number of hydrogen-bond acceptors (Lipinski definition) is 2. The molecule has 126 valence electrons. The van der Waals surface area contributed by atoms with Crippen LogP contribution in [0.25, 0.3) is 32.3 Å². The number of aromatic amines is 2. The summed E-state index contributed by atoms with van der Waals surface area (Å²) in [4.78, 5) is 12.8. The molecule has 0 radical (unpaired) electrons. The maximum Gasteiger partial charge on any atom is 0.0919 e. The van der Waals surface area contributed by atoms with Crippen LogP contribution in [0.2, 0.25) is 0 Å². The summed E-state index contributed by atoms with van der Waals surface area (Å²) in [7, 11) is 0. The maximum atomic E-state index is 3.67.